The third kappa shape index (κ3) is 2.96. The Balaban J connectivity index is 3.32. The van der Waals surface area contributed by atoms with Gasteiger partial charge in [-0.3, -0.25) is 4.90 Å². The van der Waals surface area contributed by atoms with Gasteiger partial charge in [-0.25, -0.2) is 4.98 Å². The number of pyridine rings is 1. The SMILES string of the molecule is CCN(CC)C(CC)(CC)C(NC)c1cccnc1N. The minimum atomic E-state index is 0.0649. The fourth-order valence-electron chi connectivity index (χ4n) is 3.53. The third-order valence-corrected chi connectivity index (χ3v) is 4.63. The lowest BCUT2D eigenvalue weighted by Crippen LogP contribution is -2.55. The maximum atomic E-state index is 6.12. The molecule has 1 atom stereocenters. The van der Waals surface area contributed by atoms with E-state index in [2.05, 4.69) is 49.0 Å². The quantitative estimate of drug-likeness (QED) is 0.768. The first-order chi connectivity index (χ1) is 9.61. The van der Waals surface area contributed by atoms with Crippen molar-refractivity contribution in [2.45, 2.75) is 52.1 Å². The number of hydrogen-bond acceptors (Lipinski definition) is 4. The molecule has 0 saturated heterocycles. The normalized spacial score (nSPS) is 13.7. The highest BCUT2D eigenvalue weighted by Crippen LogP contribution is 2.38. The molecule has 3 N–H and O–H groups in total. The van der Waals surface area contributed by atoms with Crippen LogP contribution in [-0.2, 0) is 0 Å². The highest BCUT2D eigenvalue weighted by Gasteiger charge is 2.40. The molecule has 0 saturated carbocycles. The molecule has 4 heteroatoms. The molecule has 0 aliphatic carbocycles. The van der Waals surface area contributed by atoms with Crippen molar-refractivity contribution >= 4 is 5.82 Å². The molecule has 0 amide bonds. The molecule has 114 valence electrons. The lowest BCUT2D eigenvalue weighted by Gasteiger charge is -2.48. The zero-order valence-electron chi connectivity index (χ0n) is 13.6. The summed E-state index contributed by atoms with van der Waals surface area (Å²) >= 11 is 0. The summed E-state index contributed by atoms with van der Waals surface area (Å²) in [6, 6.07) is 4.24. The third-order valence-electron chi connectivity index (χ3n) is 4.63. The van der Waals surface area contributed by atoms with Crippen LogP contribution in [0.5, 0.6) is 0 Å². The van der Waals surface area contributed by atoms with E-state index in [9.17, 15) is 0 Å². The number of aromatic nitrogens is 1. The van der Waals surface area contributed by atoms with Crippen molar-refractivity contribution in [2.24, 2.45) is 0 Å². The molecule has 0 aromatic carbocycles. The fourth-order valence-corrected chi connectivity index (χ4v) is 3.53. The molecule has 0 bridgehead atoms. The first kappa shape index (κ1) is 16.9. The van der Waals surface area contributed by atoms with Gasteiger partial charge in [0.2, 0.25) is 0 Å². The average molecular weight is 278 g/mol. The molecule has 4 nitrogen and oxygen atoms in total. The summed E-state index contributed by atoms with van der Waals surface area (Å²) in [5.41, 5.74) is 7.28. The van der Waals surface area contributed by atoms with Gasteiger partial charge in [-0.15, -0.1) is 0 Å². The predicted molar refractivity (Wildman–Crippen MR) is 86.7 cm³/mol. The first-order valence-electron chi connectivity index (χ1n) is 7.73. The summed E-state index contributed by atoms with van der Waals surface area (Å²) in [5, 5.41) is 3.49. The molecule has 1 rings (SSSR count). The van der Waals surface area contributed by atoms with Crippen molar-refractivity contribution in [2.75, 3.05) is 25.9 Å². The summed E-state index contributed by atoms with van der Waals surface area (Å²) in [6.07, 6.45) is 3.90. The molecule has 1 aromatic rings. The molecule has 1 aromatic heterocycles. The summed E-state index contributed by atoms with van der Waals surface area (Å²) in [5.74, 6) is 0.630. The Morgan fingerprint density at radius 3 is 2.25 bits per heavy atom. The van der Waals surface area contributed by atoms with Crippen LogP contribution in [0, 0.1) is 0 Å². The van der Waals surface area contributed by atoms with Crippen molar-refractivity contribution < 1.29 is 0 Å². The molecular formula is C16H30N4. The van der Waals surface area contributed by atoms with Gasteiger partial charge in [-0.1, -0.05) is 33.8 Å². The van der Waals surface area contributed by atoms with Crippen molar-refractivity contribution in [1.82, 2.24) is 15.2 Å². The molecule has 1 unspecified atom stereocenters. The van der Waals surface area contributed by atoms with Crippen LogP contribution in [0.1, 0.15) is 52.1 Å². The van der Waals surface area contributed by atoms with Crippen LogP contribution in [0.25, 0.3) is 0 Å². The Morgan fingerprint density at radius 2 is 1.85 bits per heavy atom. The van der Waals surface area contributed by atoms with Crippen LogP contribution in [0.3, 0.4) is 0 Å². The van der Waals surface area contributed by atoms with Crippen molar-refractivity contribution in [1.29, 1.82) is 0 Å². The van der Waals surface area contributed by atoms with Gasteiger partial charge in [0.1, 0.15) is 5.82 Å². The number of anilines is 1. The standard InChI is InChI=1S/C16H30N4/c1-6-16(7-2,20(8-3)9-4)14(18-5)13-11-10-12-19-15(13)17/h10-12,14,18H,6-9H2,1-5H3,(H2,17,19). The zero-order valence-corrected chi connectivity index (χ0v) is 13.6. The molecule has 0 radical (unpaired) electrons. The number of nitrogens with two attached hydrogens (primary N) is 1. The van der Waals surface area contributed by atoms with Crippen LogP contribution >= 0.6 is 0 Å². The lowest BCUT2D eigenvalue weighted by molar-refractivity contribution is 0.0516. The van der Waals surface area contributed by atoms with Gasteiger partial charge < -0.3 is 11.1 Å². The Labute approximate surface area is 123 Å². The summed E-state index contributed by atoms with van der Waals surface area (Å²) < 4.78 is 0. The van der Waals surface area contributed by atoms with E-state index in [4.69, 9.17) is 5.73 Å². The van der Waals surface area contributed by atoms with Gasteiger partial charge in [0.25, 0.3) is 0 Å². The van der Waals surface area contributed by atoms with Gasteiger partial charge in [0.15, 0.2) is 0 Å². The minimum absolute atomic E-state index is 0.0649. The molecule has 1 heterocycles. The number of likely N-dealkylation sites (N-methyl/N-ethyl adjacent to an activating group) is 2. The van der Waals surface area contributed by atoms with Gasteiger partial charge in [0.05, 0.1) is 6.04 Å². The number of nitrogens with zero attached hydrogens (tertiary/aromatic N) is 2. The number of rotatable bonds is 8. The Morgan fingerprint density at radius 1 is 1.25 bits per heavy atom. The predicted octanol–water partition coefficient (Wildman–Crippen LogP) is 2.82. The van der Waals surface area contributed by atoms with E-state index in [1.54, 1.807) is 6.20 Å². The van der Waals surface area contributed by atoms with Crippen molar-refractivity contribution in [3.63, 3.8) is 0 Å². The molecule has 20 heavy (non-hydrogen) atoms. The highest BCUT2D eigenvalue weighted by molar-refractivity contribution is 5.42. The van der Waals surface area contributed by atoms with Crippen LogP contribution in [-0.4, -0.2) is 35.6 Å². The van der Waals surface area contributed by atoms with Gasteiger partial charge >= 0.3 is 0 Å². The van der Waals surface area contributed by atoms with Crippen molar-refractivity contribution in [3.05, 3.63) is 23.9 Å². The second kappa shape index (κ2) is 7.60. The maximum Gasteiger partial charge on any atom is 0.128 e. The van der Waals surface area contributed by atoms with Gasteiger partial charge in [-0.05, 0) is 39.0 Å². The summed E-state index contributed by atoms with van der Waals surface area (Å²) in [7, 11) is 2.01. The van der Waals surface area contributed by atoms with Crippen LogP contribution < -0.4 is 11.1 Å². The molecular weight excluding hydrogens is 248 g/mol. The fraction of sp³-hybridized carbons (Fsp3) is 0.688. The summed E-state index contributed by atoms with van der Waals surface area (Å²) in [4.78, 5) is 6.80. The number of nitrogens with one attached hydrogen (secondary N) is 1. The van der Waals surface area contributed by atoms with E-state index in [0.29, 0.717) is 5.82 Å². The summed E-state index contributed by atoms with van der Waals surface area (Å²) in [6.45, 7) is 11.1. The van der Waals surface area contributed by atoms with Crippen LogP contribution in [0.2, 0.25) is 0 Å². The smallest absolute Gasteiger partial charge is 0.128 e. The van der Waals surface area contributed by atoms with E-state index in [1.807, 2.05) is 13.1 Å². The van der Waals surface area contributed by atoms with Crippen molar-refractivity contribution in [3.8, 4) is 0 Å². The largest absolute Gasteiger partial charge is 0.383 e. The maximum absolute atomic E-state index is 6.12. The number of nitrogen functional groups attached to an aromatic ring is 1. The Bertz CT molecular complexity index is 397. The lowest BCUT2D eigenvalue weighted by atomic mass is 9.79. The van der Waals surface area contributed by atoms with Gasteiger partial charge in [0, 0.05) is 17.3 Å². The van der Waals surface area contributed by atoms with E-state index < -0.39 is 0 Å². The zero-order chi connectivity index (χ0) is 15.2. The number of hydrogen-bond donors (Lipinski definition) is 2. The monoisotopic (exact) mass is 278 g/mol. The van der Waals surface area contributed by atoms with E-state index in [0.717, 1.165) is 31.5 Å². The van der Waals surface area contributed by atoms with Gasteiger partial charge in [-0.2, -0.15) is 0 Å². The Hall–Kier alpha value is -1.13. The second-order valence-electron chi connectivity index (χ2n) is 5.18. The Kier molecular flexibility index (Phi) is 6.43. The topological polar surface area (TPSA) is 54.2 Å². The van der Waals surface area contributed by atoms with Crippen LogP contribution in [0.15, 0.2) is 18.3 Å². The molecule has 0 spiro atoms. The van der Waals surface area contributed by atoms with E-state index >= 15 is 0 Å². The van der Waals surface area contributed by atoms with Crippen LogP contribution in [0.4, 0.5) is 5.82 Å². The van der Waals surface area contributed by atoms with E-state index in [-0.39, 0.29) is 11.6 Å². The molecule has 0 aliphatic heterocycles. The molecule has 0 aliphatic rings. The second-order valence-corrected chi connectivity index (χ2v) is 5.18. The first-order valence-corrected chi connectivity index (χ1v) is 7.73. The van der Waals surface area contributed by atoms with E-state index in [1.165, 1.54) is 0 Å². The highest BCUT2D eigenvalue weighted by atomic mass is 15.2. The minimum Gasteiger partial charge on any atom is -0.383 e. The average Bonchev–Trinajstić information content (AvgIpc) is 2.49. The molecule has 0 fully saturated rings.